The minimum absolute atomic E-state index is 0.00867. The fourth-order valence-electron chi connectivity index (χ4n) is 1.49. The van der Waals surface area contributed by atoms with E-state index in [4.69, 9.17) is 0 Å². The summed E-state index contributed by atoms with van der Waals surface area (Å²) in [5, 5.41) is 6.27. The van der Waals surface area contributed by atoms with Gasteiger partial charge in [0.15, 0.2) is 5.84 Å². The molecule has 0 fully saturated rings. The first kappa shape index (κ1) is 14.6. The van der Waals surface area contributed by atoms with Crippen LogP contribution in [-0.4, -0.2) is 10.9 Å². The summed E-state index contributed by atoms with van der Waals surface area (Å²) < 4.78 is 75.9. The number of aliphatic imine (C=N–C) groups is 1. The predicted molar refractivity (Wildman–Crippen MR) is 60.4 cm³/mol. The number of benzene rings is 1. The highest BCUT2D eigenvalue weighted by Crippen LogP contribution is 2.37. The third-order valence-electron chi connectivity index (χ3n) is 2.33. The normalized spacial score (nSPS) is 15.7. The van der Waals surface area contributed by atoms with Crippen LogP contribution < -0.4 is 0 Å². The van der Waals surface area contributed by atoms with Crippen LogP contribution in [0.1, 0.15) is 16.7 Å². The van der Waals surface area contributed by atoms with E-state index in [0.29, 0.717) is 12.1 Å². The van der Waals surface area contributed by atoms with Crippen LogP contribution in [-0.2, 0) is 12.4 Å². The number of thiocarbonyl (C=S) groups is 1. The Morgan fingerprint density at radius 2 is 1.55 bits per heavy atom. The first-order chi connectivity index (χ1) is 9.09. The van der Waals surface area contributed by atoms with Crippen molar-refractivity contribution in [1.82, 2.24) is 0 Å². The lowest BCUT2D eigenvalue weighted by atomic mass is 10.0. The van der Waals surface area contributed by atoms with Crippen molar-refractivity contribution in [2.45, 2.75) is 12.4 Å². The molecule has 1 aliphatic heterocycles. The maximum Gasteiger partial charge on any atom is 0.417 e. The molecule has 1 heterocycles. The highest BCUT2D eigenvalue weighted by atomic mass is 32.1. The summed E-state index contributed by atoms with van der Waals surface area (Å²) in [5.41, 5.74) is -3.50. The van der Waals surface area contributed by atoms with Crippen molar-refractivity contribution in [2.24, 2.45) is 15.2 Å². The molecule has 0 atom stereocenters. The Morgan fingerprint density at radius 3 is 2.00 bits per heavy atom. The summed E-state index contributed by atoms with van der Waals surface area (Å²) in [6.45, 7) is 0. The van der Waals surface area contributed by atoms with Gasteiger partial charge < -0.3 is 0 Å². The van der Waals surface area contributed by atoms with Gasteiger partial charge in [0, 0.05) is 5.56 Å². The van der Waals surface area contributed by atoms with Gasteiger partial charge in [0.05, 0.1) is 11.1 Å². The summed E-state index contributed by atoms with van der Waals surface area (Å²) in [6.07, 6.45) is -9.87. The summed E-state index contributed by atoms with van der Waals surface area (Å²) in [6, 6.07) is 1.18. The van der Waals surface area contributed by atoms with E-state index in [1.807, 2.05) is 0 Å². The molecule has 0 spiro atoms. The van der Waals surface area contributed by atoms with Gasteiger partial charge in [-0.2, -0.15) is 31.3 Å². The van der Waals surface area contributed by atoms with Crippen molar-refractivity contribution in [3.63, 3.8) is 0 Å². The molecular weight excluding hydrogens is 308 g/mol. The lowest BCUT2D eigenvalue weighted by Gasteiger charge is -2.14. The van der Waals surface area contributed by atoms with E-state index in [0.717, 1.165) is 0 Å². The third kappa shape index (κ3) is 2.84. The van der Waals surface area contributed by atoms with Crippen LogP contribution >= 0.6 is 12.2 Å². The summed E-state index contributed by atoms with van der Waals surface area (Å²) >= 11 is 4.51. The topological polar surface area (TPSA) is 37.1 Å². The van der Waals surface area contributed by atoms with Gasteiger partial charge in [-0.15, -0.1) is 10.2 Å². The van der Waals surface area contributed by atoms with Gasteiger partial charge in [-0.05, 0) is 30.4 Å². The first-order valence-electron chi connectivity index (χ1n) is 4.92. The quantitative estimate of drug-likeness (QED) is 0.565. The second-order valence-electron chi connectivity index (χ2n) is 3.67. The zero-order valence-electron chi connectivity index (χ0n) is 9.25. The van der Waals surface area contributed by atoms with Crippen LogP contribution in [0.5, 0.6) is 0 Å². The van der Waals surface area contributed by atoms with Crippen molar-refractivity contribution < 1.29 is 26.3 Å². The second-order valence-corrected chi connectivity index (χ2v) is 4.04. The van der Waals surface area contributed by atoms with E-state index in [9.17, 15) is 26.3 Å². The van der Waals surface area contributed by atoms with E-state index < -0.39 is 34.9 Å². The van der Waals surface area contributed by atoms with E-state index in [1.54, 1.807) is 0 Å². The Hall–Kier alpha value is -1.84. The van der Waals surface area contributed by atoms with Crippen LogP contribution in [0.25, 0.3) is 0 Å². The predicted octanol–water partition coefficient (Wildman–Crippen LogP) is 4.22. The number of hydrogen-bond donors (Lipinski definition) is 0. The molecule has 0 bridgehead atoms. The molecule has 0 radical (unpaired) electrons. The van der Waals surface area contributed by atoms with Gasteiger partial charge in [0.2, 0.25) is 5.11 Å². The standard InChI is InChI=1S/C10H3F6N3S/c11-9(12,13)4-1-2-5(6(3-4)10(14,15)16)7-17-8(20)19-18-7/h1-3H. The highest BCUT2D eigenvalue weighted by molar-refractivity contribution is 7.80. The molecule has 0 N–H and O–H groups in total. The van der Waals surface area contributed by atoms with Crippen LogP contribution in [0.15, 0.2) is 33.4 Å². The fourth-order valence-corrected chi connectivity index (χ4v) is 1.62. The largest absolute Gasteiger partial charge is 0.417 e. The van der Waals surface area contributed by atoms with Crippen LogP contribution in [0.3, 0.4) is 0 Å². The molecule has 106 valence electrons. The molecule has 0 saturated heterocycles. The van der Waals surface area contributed by atoms with Gasteiger partial charge in [-0.25, -0.2) is 0 Å². The molecule has 0 aromatic heterocycles. The zero-order valence-corrected chi connectivity index (χ0v) is 10.1. The Kier molecular flexibility index (Phi) is 3.36. The van der Waals surface area contributed by atoms with Crippen LogP contribution in [0, 0.1) is 0 Å². The number of amidine groups is 1. The lowest BCUT2D eigenvalue weighted by molar-refractivity contribution is -0.143. The number of alkyl halides is 6. The molecule has 0 saturated carbocycles. The van der Waals surface area contributed by atoms with Gasteiger partial charge in [0.25, 0.3) is 0 Å². The van der Waals surface area contributed by atoms with Crippen LogP contribution in [0.2, 0.25) is 0 Å². The number of halogens is 6. The van der Waals surface area contributed by atoms with E-state index in [-0.39, 0.29) is 11.2 Å². The minimum atomic E-state index is -4.99. The molecule has 10 heteroatoms. The number of nitrogens with zero attached hydrogens (tertiary/aromatic N) is 3. The van der Waals surface area contributed by atoms with Crippen molar-refractivity contribution in [3.05, 3.63) is 34.9 Å². The summed E-state index contributed by atoms with van der Waals surface area (Å²) in [4.78, 5) is 3.46. The molecule has 0 amide bonds. The Balaban J connectivity index is 2.62. The van der Waals surface area contributed by atoms with Gasteiger partial charge in [0.1, 0.15) is 0 Å². The van der Waals surface area contributed by atoms with Crippen molar-refractivity contribution in [3.8, 4) is 0 Å². The average Bonchev–Trinajstić information content (AvgIpc) is 2.72. The number of azo groups is 1. The Bertz CT molecular complexity index is 629. The van der Waals surface area contributed by atoms with E-state index in [2.05, 4.69) is 27.4 Å². The molecule has 2 rings (SSSR count). The van der Waals surface area contributed by atoms with Crippen molar-refractivity contribution >= 4 is 23.2 Å². The average molecular weight is 311 g/mol. The minimum Gasteiger partial charge on any atom is -0.195 e. The smallest absolute Gasteiger partial charge is 0.195 e. The molecule has 1 aromatic carbocycles. The second kappa shape index (κ2) is 4.62. The van der Waals surface area contributed by atoms with Gasteiger partial charge in [-0.1, -0.05) is 0 Å². The fraction of sp³-hybridized carbons (Fsp3) is 0.200. The zero-order chi connectivity index (χ0) is 15.1. The molecular formula is C10H3F6N3S. The van der Waals surface area contributed by atoms with Crippen LogP contribution in [0.4, 0.5) is 26.3 Å². The molecule has 1 aromatic rings. The first-order valence-corrected chi connectivity index (χ1v) is 5.33. The maximum atomic E-state index is 12.8. The summed E-state index contributed by atoms with van der Waals surface area (Å²) in [7, 11) is 0. The van der Waals surface area contributed by atoms with Gasteiger partial charge in [-0.3, -0.25) is 0 Å². The Labute approximate surface area is 113 Å². The third-order valence-corrected chi connectivity index (χ3v) is 2.50. The molecule has 0 aliphatic carbocycles. The van der Waals surface area contributed by atoms with E-state index >= 15 is 0 Å². The maximum absolute atomic E-state index is 12.8. The lowest BCUT2D eigenvalue weighted by Crippen LogP contribution is -2.15. The van der Waals surface area contributed by atoms with Crippen molar-refractivity contribution in [2.75, 3.05) is 0 Å². The molecule has 1 aliphatic rings. The van der Waals surface area contributed by atoms with Gasteiger partial charge >= 0.3 is 12.4 Å². The highest BCUT2D eigenvalue weighted by Gasteiger charge is 2.39. The SMILES string of the molecule is FC(F)(F)c1ccc(C2=NC(=S)N=N2)c(C(F)(F)F)c1. The number of hydrogen-bond acceptors (Lipinski definition) is 2. The van der Waals surface area contributed by atoms with Crippen molar-refractivity contribution in [1.29, 1.82) is 0 Å². The Morgan fingerprint density at radius 1 is 0.900 bits per heavy atom. The monoisotopic (exact) mass is 311 g/mol. The molecule has 3 nitrogen and oxygen atoms in total. The summed E-state index contributed by atoms with van der Waals surface area (Å²) in [5.74, 6) is -0.462. The van der Waals surface area contributed by atoms with E-state index in [1.165, 1.54) is 0 Å². The number of rotatable bonds is 1. The molecule has 0 unspecified atom stereocenters. The molecule has 20 heavy (non-hydrogen) atoms.